The predicted molar refractivity (Wildman–Crippen MR) is 106 cm³/mol. The molecule has 0 saturated carbocycles. The average Bonchev–Trinajstić information content (AvgIpc) is 2.63. The number of hydrogen-bond acceptors (Lipinski definition) is 1. The Morgan fingerprint density at radius 3 is 1.71 bits per heavy atom. The lowest BCUT2D eigenvalue weighted by molar-refractivity contribution is 0.576. The maximum atomic E-state index is 4.82. The minimum atomic E-state index is 1.13. The first-order valence-electron chi connectivity index (χ1n) is 9.66. The molecule has 0 aliphatic carbocycles. The summed E-state index contributed by atoms with van der Waals surface area (Å²) in [5.41, 5.74) is 3.75. The number of pyridine rings is 1. The molecule has 24 heavy (non-hydrogen) atoms. The largest absolute Gasteiger partial charge is 0.248 e. The number of benzene rings is 2. The summed E-state index contributed by atoms with van der Waals surface area (Å²) in [4.78, 5) is 4.82. The molecule has 0 bridgehead atoms. The Morgan fingerprint density at radius 1 is 0.625 bits per heavy atom. The third-order valence-electron chi connectivity index (χ3n) is 4.98. The van der Waals surface area contributed by atoms with Gasteiger partial charge in [0.2, 0.25) is 0 Å². The molecule has 1 nitrogen and oxygen atoms in total. The van der Waals surface area contributed by atoms with E-state index >= 15 is 0 Å². The van der Waals surface area contributed by atoms with Crippen molar-refractivity contribution >= 4 is 21.8 Å². The number of aromatic nitrogens is 1. The van der Waals surface area contributed by atoms with Gasteiger partial charge in [0.1, 0.15) is 0 Å². The minimum absolute atomic E-state index is 1.13. The van der Waals surface area contributed by atoms with Gasteiger partial charge in [-0.1, -0.05) is 88.3 Å². The van der Waals surface area contributed by atoms with Crippen molar-refractivity contribution in [3.8, 4) is 0 Å². The van der Waals surface area contributed by atoms with Crippen LogP contribution in [-0.2, 0) is 6.42 Å². The second-order valence-electron chi connectivity index (χ2n) is 6.85. The van der Waals surface area contributed by atoms with Gasteiger partial charge in [0.25, 0.3) is 0 Å². The van der Waals surface area contributed by atoms with Gasteiger partial charge in [-0.2, -0.15) is 0 Å². The number of fused-ring (bicyclic) bond motifs is 2. The highest BCUT2D eigenvalue weighted by Crippen LogP contribution is 2.27. The number of para-hydroxylation sites is 2. The lowest BCUT2D eigenvalue weighted by atomic mass is 9.97. The molecule has 0 amide bonds. The quantitative estimate of drug-likeness (QED) is 0.303. The fourth-order valence-corrected chi connectivity index (χ4v) is 3.63. The highest BCUT2D eigenvalue weighted by atomic mass is 14.7. The highest BCUT2D eigenvalue weighted by Gasteiger charge is 2.08. The Hall–Kier alpha value is -1.89. The van der Waals surface area contributed by atoms with Gasteiger partial charge in [-0.3, -0.25) is 0 Å². The number of nitrogens with zero attached hydrogens (tertiary/aromatic N) is 1. The molecule has 1 heterocycles. The van der Waals surface area contributed by atoms with Crippen LogP contribution in [0.25, 0.3) is 21.8 Å². The number of aryl methyl sites for hydroxylation is 1. The Bertz CT molecular complexity index is 721. The molecule has 0 N–H and O–H groups in total. The van der Waals surface area contributed by atoms with Crippen molar-refractivity contribution < 1.29 is 0 Å². The number of hydrogen-bond donors (Lipinski definition) is 0. The second-order valence-corrected chi connectivity index (χ2v) is 6.85. The molecular formula is C23H29N. The van der Waals surface area contributed by atoms with E-state index < -0.39 is 0 Å². The lowest BCUT2D eigenvalue weighted by Crippen LogP contribution is -1.93. The summed E-state index contributed by atoms with van der Waals surface area (Å²) in [5.74, 6) is 0. The number of unbranched alkanes of at least 4 members (excludes halogenated alkanes) is 7. The third-order valence-corrected chi connectivity index (χ3v) is 4.98. The summed E-state index contributed by atoms with van der Waals surface area (Å²) in [7, 11) is 0. The first-order valence-corrected chi connectivity index (χ1v) is 9.66. The van der Waals surface area contributed by atoms with Crippen LogP contribution in [0.15, 0.2) is 48.5 Å². The van der Waals surface area contributed by atoms with Gasteiger partial charge in [0.15, 0.2) is 0 Å². The minimum Gasteiger partial charge on any atom is -0.248 e. The summed E-state index contributed by atoms with van der Waals surface area (Å²) >= 11 is 0. The van der Waals surface area contributed by atoms with E-state index in [-0.39, 0.29) is 0 Å². The molecule has 2 aromatic carbocycles. The van der Waals surface area contributed by atoms with Crippen LogP contribution in [0.1, 0.15) is 63.9 Å². The van der Waals surface area contributed by atoms with E-state index in [9.17, 15) is 0 Å². The molecule has 0 atom stereocenters. The predicted octanol–water partition coefficient (Wildman–Crippen LogP) is 7.07. The molecule has 0 unspecified atom stereocenters. The van der Waals surface area contributed by atoms with Gasteiger partial charge in [0.05, 0.1) is 11.0 Å². The molecule has 0 saturated heterocycles. The van der Waals surface area contributed by atoms with Crippen LogP contribution in [0.4, 0.5) is 0 Å². The first-order chi connectivity index (χ1) is 11.9. The molecule has 0 fully saturated rings. The SMILES string of the molecule is CCCCCCCCCCc1c2ccccc2nc2ccccc12. The fourth-order valence-electron chi connectivity index (χ4n) is 3.63. The summed E-state index contributed by atoms with van der Waals surface area (Å²) < 4.78 is 0. The summed E-state index contributed by atoms with van der Waals surface area (Å²) in [5, 5.41) is 2.67. The molecule has 0 radical (unpaired) electrons. The molecular weight excluding hydrogens is 290 g/mol. The zero-order valence-corrected chi connectivity index (χ0v) is 14.9. The van der Waals surface area contributed by atoms with E-state index in [4.69, 9.17) is 4.98 Å². The topological polar surface area (TPSA) is 12.9 Å². The van der Waals surface area contributed by atoms with Crippen molar-refractivity contribution in [2.45, 2.75) is 64.7 Å². The van der Waals surface area contributed by atoms with Crippen molar-refractivity contribution in [1.82, 2.24) is 4.98 Å². The highest BCUT2D eigenvalue weighted by molar-refractivity contribution is 5.97. The monoisotopic (exact) mass is 319 g/mol. The Morgan fingerprint density at radius 2 is 1.12 bits per heavy atom. The van der Waals surface area contributed by atoms with Crippen LogP contribution < -0.4 is 0 Å². The molecule has 126 valence electrons. The third kappa shape index (κ3) is 4.14. The van der Waals surface area contributed by atoms with E-state index in [1.54, 1.807) is 0 Å². The smallest absolute Gasteiger partial charge is 0.0712 e. The zero-order chi connectivity index (χ0) is 16.6. The standard InChI is InChI=1S/C23H29N/c1-2-3-4-5-6-7-8-9-14-19-20-15-10-12-17-22(20)24-23-18-13-11-16-21(19)23/h10-13,15-18H,2-9,14H2,1H3. The number of rotatable bonds is 9. The lowest BCUT2D eigenvalue weighted by Gasteiger charge is -2.11. The van der Waals surface area contributed by atoms with E-state index in [1.165, 1.54) is 74.1 Å². The summed E-state index contributed by atoms with van der Waals surface area (Å²) in [6.45, 7) is 2.28. The zero-order valence-electron chi connectivity index (χ0n) is 14.9. The van der Waals surface area contributed by atoms with Crippen molar-refractivity contribution in [3.05, 3.63) is 54.1 Å². The van der Waals surface area contributed by atoms with E-state index in [0.717, 1.165) is 11.0 Å². The van der Waals surface area contributed by atoms with Gasteiger partial charge in [-0.15, -0.1) is 0 Å². The molecule has 3 aromatic rings. The van der Waals surface area contributed by atoms with Crippen LogP contribution in [0.3, 0.4) is 0 Å². The molecule has 1 aromatic heterocycles. The van der Waals surface area contributed by atoms with Gasteiger partial charge in [-0.25, -0.2) is 4.98 Å². The molecule has 0 aliphatic rings. The van der Waals surface area contributed by atoms with Crippen LogP contribution in [0.2, 0.25) is 0 Å². The van der Waals surface area contributed by atoms with Crippen LogP contribution in [-0.4, -0.2) is 4.98 Å². The van der Waals surface area contributed by atoms with Crippen LogP contribution in [0.5, 0.6) is 0 Å². The molecule has 1 heteroatoms. The Balaban J connectivity index is 1.66. The van der Waals surface area contributed by atoms with Crippen molar-refractivity contribution in [3.63, 3.8) is 0 Å². The average molecular weight is 319 g/mol. The van der Waals surface area contributed by atoms with Crippen molar-refractivity contribution in [2.24, 2.45) is 0 Å². The van der Waals surface area contributed by atoms with Gasteiger partial charge >= 0.3 is 0 Å². The fraction of sp³-hybridized carbons (Fsp3) is 0.435. The second kappa shape index (κ2) is 8.82. The van der Waals surface area contributed by atoms with E-state index in [2.05, 4.69) is 55.5 Å². The van der Waals surface area contributed by atoms with Gasteiger partial charge in [-0.05, 0) is 30.5 Å². The Labute approximate surface area is 146 Å². The van der Waals surface area contributed by atoms with Gasteiger partial charge < -0.3 is 0 Å². The van der Waals surface area contributed by atoms with Crippen molar-refractivity contribution in [1.29, 1.82) is 0 Å². The van der Waals surface area contributed by atoms with Crippen LogP contribution >= 0.6 is 0 Å². The Kier molecular flexibility index (Phi) is 6.23. The van der Waals surface area contributed by atoms with E-state index in [0.29, 0.717) is 0 Å². The maximum Gasteiger partial charge on any atom is 0.0712 e. The van der Waals surface area contributed by atoms with Gasteiger partial charge in [0, 0.05) is 10.8 Å². The maximum absolute atomic E-state index is 4.82. The molecule has 0 aliphatic heterocycles. The normalized spacial score (nSPS) is 11.4. The summed E-state index contributed by atoms with van der Waals surface area (Å²) in [6.07, 6.45) is 12.1. The molecule has 3 rings (SSSR count). The van der Waals surface area contributed by atoms with Crippen molar-refractivity contribution in [2.75, 3.05) is 0 Å². The van der Waals surface area contributed by atoms with E-state index in [1.807, 2.05) is 0 Å². The van der Waals surface area contributed by atoms with Crippen LogP contribution in [0, 0.1) is 0 Å². The summed E-state index contributed by atoms with van der Waals surface area (Å²) in [6, 6.07) is 17.2. The first kappa shape index (κ1) is 17.0. The molecule has 0 spiro atoms.